The molecule has 27 heavy (non-hydrogen) atoms. The Bertz CT molecular complexity index is 835. The van der Waals surface area contributed by atoms with Crippen LogP contribution in [-0.2, 0) is 4.79 Å². The third-order valence-corrected chi connectivity index (χ3v) is 4.38. The standard InChI is InChI=1S/C18H22N4O5/c1-11-20-17(27-21-11)13-4-3-7-22(9-13)18(24)12-5-6-14(15(8-12)25-2)26-10-16(19)23/h5-6,8,13H,3-4,7,9-10H2,1-2H3,(H2,19,23). The van der Waals surface area contributed by atoms with Gasteiger partial charge in [-0.2, -0.15) is 4.98 Å². The summed E-state index contributed by atoms with van der Waals surface area (Å²) in [4.78, 5) is 29.9. The summed E-state index contributed by atoms with van der Waals surface area (Å²) in [6.45, 7) is 2.68. The fraction of sp³-hybridized carbons (Fsp3) is 0.444. The van der Waals surface area contributed by atoms with Gasteiger partial charge in [-0.25, -0.2) is 0 Å². The second-order valence-corrected chi connectivity index (χ2v) is 6.39. The van der Waals surface area contributed by atoms with Crippen LogP contribution in [0.1, 0.15) is 40.8 Å². The molecule has 1 aromatic carbocycles. The normalized spacial score (nSPS) is 16.8. The summed E-state index contributed by atoms with van der Waals surface area (Å²) in [5, 5.41) is 3.83. The Balaban J connectivity index is 1.73. The van der Waals surface area contributed by atoms with Gasteiger partial charge in [0.2, 0.25) is 5.89 Å². The number of aromatic nitrogens is 2. The van der Waals surface area contributed by atoms with Crippen molar-refractivity contribution in [3.8, 4) is 11.5 Å². The van der Waals surface area contributed by atoms with E-state index in [4.69, 9.17) is 19.7 Å². The van der Waals surface area contributed by atoms with Gasteiger partial charge < -0.3 is 24.6 Å². The molecule has 1 saturated heterocycles. The topological polar surface area (TPSA) is 121 Å². The quantitative estimate of drug-likeness (QED) is 0.808. The second kappa shape index (κ2) is 8.07. The lowest BCUT2D eigenvalue weighted by Gasteiger charge is -2.31. The number of nitrogens with zero attached hydrogens (tertiary/aromatic N) is 3. The summed E-state index contributed by atoms with van der Waals surface area (Å²) in [6, 6.07) is 4.83. The average Bonchev–Trinajstić information content (AvgIpc) is 3.12. The molecule has 9 nitrogen and oxygen atoms in total. The first-order chi connectivity index (χ1) is 13.0. The summed E-state index contributed by atoms with van der Waals surface area (Å²) in [7, 11) is 1.47. The number of benzene rings is 1. The number of hydrogen-bond acceptors (Lipinski definition) is 7. The van der Waals surface area contributed by atoms with Crippen molar-refractivity contribution < 1.29 is 23.6 Å². The van der Waals surface area contributed by atoms with Crippen molar-refractivity contribution in [3.05, 3.63) is 35.5 Å². The number of nitrogens with two attached hydrogens (primary N) is 1. The number of ether oxygens (including phenoxy) is 2. The Morgan fingerprint density at radius 2 is 2.19 bits per heavy atom. The average molecular weight is 374 g/mol. The van der Waals surface area contributed by atoms with Crippen molar-refractivity contribution in [2.75, 3.05) is 26.8 Å². The number of rotatable bonds is 6. The molecule has 0 radical (unpaired) electrons. The molecule has 1 aliphatic heterocycles. The SMILES string of the molecule is COc1cc(C(=O)N2CCCC(c3nc(C)no3)C2)ccc1OCC(N)=O. The van der Waals surface area contributed by atoms with Crippen molar-refractivity contribution in [2.24, 2.45) is 5.73 Å². The molecular weight excluding hydrogens is 352 g/mol. The zero-order valence-corrected chi connectivity index (χ0v) is 15.3. The lowest BCUT2D eigenvalue weighted by atomic mass is 9.97. The molecule has 2 aromatic rings. The predicted octanol–water partition coefficient (Wildman–Crippen LogP) is 1.27. The van der Waals surface area contributed by atoms with Crippen LogP contribution in [0.2, 0.25) is 0 Å². The largest absolute Gasteiger partial charge is 0.493 e. The van der Waals surface area contributed by atoms with Crippen molar-refractivity contribution in [3.63, 3.8) is 0 Å². The van der Waals surface area contributed by atoms with Crippen molar-refractivity contribution in [1.29, 1.82) is 0 Å². The van der Waals surface area contributed by atoms with E-state index in [1.165, 1.54) is 7.11 Å². The highest BCUT2D eigenvalue weighted by Gasteiger charge is 2.29. The van der Waals surface area contributed by atoms with Gasteiger partial charge in [-0.05, 0) is 38.0 Å². The molecule has 1 fully saturated rings. The van der Waals surface area contributed by atoms with Crippen LogP contribution in [0.5, 0.6) is 11.5 Å². The molecule has 2 heterocycles. The van der Waals surface area contributed by atoms with Crippen LogP contribution in [-0.4, -0.2) is 53.7 Å². The van der Waals surface area contributed by atoms with E-state index >= 15 is 0 Å². The number of aryl methyl sites for hydroxylation is 1. The van der Waals surface area contributed by atoms with Gasteiger partial charge in [0.05, 0.1) is 13.0 Å². The van der Waals surface area contributed by atoms with Crippen LogP contribution in [0.15, 0.2) is 22.7 Å². The zero-order valence-electron chi connectivity index (χ0n) is 15.3. The van der Waals surface area contributed by atoms with E-state index in [1.54, 1.807) is 30.0 Å². The van der Waals surface area contributed by atoms with Gasteiger partial charge in [0.15, 0.2) is 23.9 Å². The van der Waals surface area contributed by atoms with Gasteiger partial charge in [-0.3, -0.25) is 9.59 Å². The molecule has 0 bridgehead atoms. The highest BCUT2D eigenvalue weighted by molar-refractivity contribution is 5.95. The third kappa shape index (κ3) is 4.36. The van der Waals surface area contributed by atoms with Crippen molar-refractivity contribution >= 4 is 11.8 Å². The minimum atomic E-state index is -0.590. The number of methoxy groups -OCH3 is 1. The molecule has 144 valence electrons. The minimum Gasteiger partial charge on any atom is -0.493 e. The zero-order chi connectivity index (χ0) is 19.4. The highest BCUT2D eigenvalue weighted by atomic mass is 16.5. The summed E-state index contributed by atoms with van der Waals surface area (Å²) < 4.78 is 15.8. The summed E-state index contributed by atoms with van der Waals surface area (Å²) in [6.07, 6.45) is 1.75. The monoisotopic (exact) mass is 374 g/mol. The number of carbonyl (C=O) groups excluding carboxylic acids is 2. The lowest BCUT2D eigenvalue weighted by Crippen LogP contribution is -2.39. The van der Waals surface area contributed by atoms with Gasteiger partial charge in [0.25, 0.3) is 11.8 Å². The van der Waals surface area contributed by atoms with Crippen LogP contribution in [0.3, 0.4) is 0 Å². The summed E-state index contributed by atoms with van der Waals surface area (Å²) in [5.74, 6) is 1.20. The number of hydrogen-bond donors (Lipinski definition) is 1. The van der Waals surface area contributed by atoms with Crippen LogP contribution >= 0.6 is 0 Å². The minimum absolute atomic E-state index is 0.0315. The molecule has 9 heteroatoms. The van der Waals surface area contributed by atoms with Crippen molar-refractivity contribution in [1.82, 2.24) is 15.0 Å². The Morgan fingerprint density at radius 1 is 1.37 bits per heavy atom. The molecule has 3 rings (SSSR count). The molecule has 1 aromatic heterocycles. The number of primary amides is 1. The molecule has 0 aliphatic carbocycles. The molecule has 2 amide bonds. The Kier molecular flexibility index (Phi) is 5.58. The van der Waals surface area contributed by atoms with Crippen LogP contribution in [0.4, 0.5) is 0 Å². The molecule has 1 unspecified atom stereocenters. The van der Waals surface area contributed by atoms with Crippen LogP contribution in [0, 0.1) is 6.92 Å². The van der Waals surface area contributed by atoms with Gasteiger partial charge in [-0.15, -0.1) is 0 Å². The maximum Gasteiger partial charge on any atom is 0.255 e. The molecule has 2 N–H and O–H groups in total. The molecular formula is C18H22N4O5. The molecule has 0 spiro atoms. The maximum absolute atomic E-state index is 12.9. The Hall–Kier alpha value is -3.10. The van der Waals surface area contributed by atoms with E-state index in [0.717, 1.165) is 12.8 Å². The Morgan fingerprint density at radius 3 is 2.85 bits per heavy atom. The van der Waals surface area contributed by atoms with E-state index in [0.29, 0.717) is 41.9 Å². The fourth-order valence-electron chi connectivity index (χ4n) is 3.09. The highest BCUT2D eigenvalue weighted by Crippen LogP contribution is 2.30. The fourth-order valence-corrected chi connectivity index (χ4v) is 3.09. The van der Waals surface area contributed by atoms with E-state index in [9.17, 15) is 9.59 Å². The lowest BCUT2D eigenvalue weighted by molar-refractivity contribution is -0.119. The summed E-state index contributed by atoms with van der Waals surface area (Å²) in [5.41, 5.74) is 5.56. The van der Waals surface area contributed by atoms with Gasteiger partial charge in [-0.1, -0.05) is 5.16 Å². The van der Waals surface area contributed by atoms with E-state index in [-0.39, 0.29) is 18.4 Å². The van der Waals surface area contributed by atoms with Gasteiger partial charge in [0, 0.05) is 18.7 Å². The molecule has 0 saturated carbocycles. The van der Waals surface area contributed by atoms with E-state index in [2.05, 4.69) is 10.1 Å². The number of likely N-dealkylation sites (tertiary alicyclic amines) is 1. The Labute approximate surface area is 156 Å². The number of amides is 2. The second-order valence-electron chi connectivity index (χ2n) is 6.39. The summed E-state index contributed by atoms with van der Waals surface area (Å²) >= 11 is 0. The molecule has 1 aliphatic rings. The van der Waals surface area contributed by atoms with E-state index in [1.807, 2.05) is 0 Å². The van der Waals surface area contributed by atoms with Gasteiger partial charge >= 0.3 is 0 Å². The first-order valence-corrected chi connectivity index (χ1v) is 8.66. The van der Waals surface area contributed by atoms with Gasteiger partial charge in [0.1, 0.15) is 0 Å². The smallest absolute Gasteiger partial charge is 0.255 e. The van der Waals surface area contributed by atoms with Crippen molar-refractivity contribution in [2.45, 2.75) is 25.7 Å². The third-order valence-electron chi connectivity index (χ3n) is 4.38. The first kappa shape index (κ1) is 18.7. The number of carbonyl (C=O) groups is 2. The maximum atomic E-state index is 12.9. The van der Waals surface area contributed by atoms with Crippen LogP contribution in [0.25, 0.3) is 0 Å². The molecule has 1 atom stereocenters. The van der Waals surface area contributed by atoms with Crippen LogP contribution < -0.4 is 15.2 Å². The first-order valence-electron chi connectivity index (χ1n) is 8.66. The van der Waals surface area contributed by atoms with E-state index < -0.39 is 5.91 Å². The number of piperidine rings is 1. The predicted molar refractivity (Wildman–Crippen MR) is 94.6 cm³/mol.